The molecule has 0 heterocycles. The quantitative estimate of drug-likeness (QED) is 0.136. The van der Waals surface area contributed by atoms with Crippen LogP contribution in [0.5, 0.6) is 17.2 Å². The van der Waals surface area contributed by atoms with Crippen LogP contribution in [-0.2, 0) is 25.9 Å². The van der Waals surface area contributed by atoms with Crippen LogP contribution in [0.25, 0.3) is 12.2 Å². The molecule has 0 bridgehead atoms. The van der Waals surface area contributed by atoms with E-state index in [1.807, 2.05) is 37.3 Å². The lowest BCUT2D eigenvalue weighted by Gasteiger charge is -2.14. The highest BCUT2D eigenvalue weighted by molar-refractivity contribution is 5.87. The zero-order valence-corrected chi connectivity index (χ0v) is 19.8. The minimum absolute atomic E-state index is 0.173. The standard InChI is InChI=1S/C26H32O8/c1-4-30-26(28)13-10-21-8-11-22(19-27)24(17-21)31-15-16-32-25-18-20(9-12-23(25)29-3)7-6-14-34-33-5-2/h6-13,17-18,27H,4-5,14-16,19H2,1-3H3/b7-6+,13-10+. The van der Waals surface area contributed by atoms with Crippen LogP contribution < -0.4 is 14.2 Å². The zero-order chi connectivity index (χ0) is 24.6. The van der Waals surface area contributed by atoms with E-state index in [0.717, 1.165) is 11.1 Å². The molecule has 2 aromatic carbocycles. The molecule has 0 saturated heterocycles. The topological polar surface area (TPSA) is 92.7 Å². The molecule has 0 radical (unpaired) electrons. The largest absolute Gasteiger partial charge is 0.493 e. The fourth-order valence-electron chi connectivity index (χ4n) is 2.86. The average molecular weight is 473 g/mol. The molecule has 0 amide bonds. The van der Waals surface area contributed by atoms with Gasteiger partial charge in [0.25, 0.3) is 0 Å². The summed E-state index contributed by atoms with van der Waals surface area (Å²) in [6.45, 7) is 5.06. The van der Waals surface area contributed by atoms with Gasteiger partial charge in [-0.1, -0.05) is 30.4 Å². The number of carbonyl (C=O) groups is 1. The molecule has 0 aromatic heterocycles. The molecule has 0 aliphatic heterocycles. The molecule has 2 rings (SSSR count). The second kappa shape index (κ2) is 15.5. The minimum atomic E-state index is -0.419. The summed E-state index contributed by atoms with van der Waals surface area (Å²) in [6.07, 6.45) is 6.71. The maximum atomic E-state index is 11.5. The number of esters is 1. The van der Waals surface area contributed by atoms with Crippen molar-refractivity contribution in [1.82, 2.24) is 0 Å². The summed E-state index contributed by atoms with van der Waals surface area (Å²) in [5, 5.41) is 9.61. The van der Waals surface area contributed by atoms with E-state index in [1.165, 1.54) is 6.08 Å². The Morgan fingerprint density at radius 1 is 0.882 bits per heavy atom. The molecule has 0 unspecified atom stereocenters. The molecule has 2 aromatic rings. The van der Waals surface area contributed by atoms with Crippen molar-refractivity contribution in [2.24, 2.45) is 0 Å². The van der Waals surface area contributed by atoms with E-state index in [2.05, 4.69) is 0 Å². The third kappa shape index (κ3) is 9.27. The second-order valence-corrected chi connectivity index (χ2v) is 6.81. The maximum absolute atomic E-state index is 11.5. The van der Waals surface area contributed by atoms with Crippen LogP contribution in [0.4, 0.5) is 0 Å². The van der Waals surface area contributed by atoms with Crippen molar-refractivity contribution in [3.8, 4) is 17.2 Å². The predicted molar refractivity (Wildman–Crippen MR) is 129 cm³/mol. The first-order valence-electron chi connectivity index (χ1n) is 11.0. The molecule has 0 aliphatic carbocycles. The van der Waals surface area contributed by atoms with Gasteiger partial charge in [0.05, 0.1) is 26.9 Å². The Labute approximate surface area is 200 Å². The first-order valence-corrected chi connectivity index (χ1v) is 11.0. The third-order valence-electron chi connectivity index (χ3n) is 4.42. The second-order valence-electron chi connectivity index (χ2n) is 6.81. The number of benzene rings is 2. The van der Waals surface area contributed by atoms with E-state index in [0.29, 0.717) is 42.6 Å². The van der Waals surface area contributed by atoms with Gasteiger partial charge in [0.1, 0.15) is 25.6 Å². The molecular weight excluding hydrogens is 440 g/mol. The molecule has 8 heteroatoms. The van der Waals surface area contributed by atoms with Crippen LogP contribution >= 0.6 is 0 Å². The molecule has 0 atom stereocenters. The van der Waals surface area contributed by atoms with Crippen LogP contribution in [0, 0.1) is 0 Å². The summed E-state index contributed by atoms with van der Waals surface area (Å²) in [4.78, 5) is 21.3. The third-order valence-corrected chi connectivity index (χ3v) is 4.42. The number of carbonyl (C=O) groups excluding carboxylic acids is 1. The normalized spacial score (nSPS) is 11.2. The van der Waals surface area contributed by atoms with Crippen LogP contribution in [-0.4, -0.2) is 51.2 Å². The van der Waals surface area contributed by atoms with Gasteiger partial charge >= 0.3 is 5.97 Å². The van der Waals surface area contributed by atoms with Crippen molar-refractivity contribution in [2.45, 2.75) is 20.5 Å². The van der Waals surface area contributed by atoms with E-state index in [1.54, 1.807) is 38.3 Å². The van der Waals surface area contributed by atoms with Crippen molar-refractivity contribution in [2.75, 3.05) is 40.1 Å². The van der Waals surface area contributed by atoms with Crippen LogP contribution in [0.15, 0.2) is 48.6 Å². The summed E-state index contributed by atoms with van der Waals surface area (Å²) in [7, 11) is 1.58. The Morgan fingerprint density at radius 2 is 1.59 bits per heavy atom. The molecule has 34 heavy (non-hydrogen) atoms. The first-order chi connectivity index (χ1) is 16.6. The van der Waals surface area contributed by atoms with E-state index in [9.17, 15) is 9.90 Å². The zero-order valence-electron chi connectivity index (χ0n) is 19.8. The Hall–Kier alpha value is -3.33. The van der Waals surface area contributed by atoms with Crippen molar-refractivity contribution >= 4 is 18.1 Å². The summed E-state index contributed by atoms with van der Waals surface area (Å²) < 4.78 is 22.0. The predicted octanol–water partition coefficient (Wildman–Crippen LogP) is 4.20. The van der Waals surface area contributed by atoms with Gasteiger partial charge in [-0.05, 0) is 49.2 Å². The van der Waals surface area contributed by atoms with Gasteiger partial charge in [0.15, 0.2) is 11.5 Å². The van der Waals surface area contributed by atoms with Gasteiger partial charge in [0.2, 0.25) is 0 Å². The number of aliphatic hydroxyl groups excluding tert-OH is 1. The van der Waals surface area contributed by atoms with Gasteiger partial charge in [-0.25, -0.2) is 14.6 Å². The van der Waals surface area contributed by atoms with Crippen molar-refractivity contribution in [3.63, 3.8) is 0 Å². The number of ether oxygens (including phenoxy) is 4. The van der Waals surface area contributed by atoms with Crippen molar-refractivity contribution < 1.29 is 38.6 Å². The summed E-state index contributed by atoms with van der Waals surface area (Å²) in [5.41, 5.74) is 2.29. The molecule has 0 saturated carbocycles. The Balaban J connectivity index is 1.96. The van der Waals surface area contributed by atoms with Gasteiger partial charge in [-0.3, -0.25) is 0 Å². The monoisotopic (exact) mass is 472 g/mol. The van der Waals surface area contributed by atoms with Gasteiger partial charge in [0, 0.05) is 11.6 Å². The number of aliphatic hydroxyl groups is 1. The Morgan fingerprint density at radius 3 is 2.29 bits per heavy atom. The highest BCUT2D eigenvalue weighted by Gasteiger charge is 2.07. The van der Waals surface area contributed by atoms with Crippen LogP contribution in [0.1, 0.15) is 30.5 Å². The highest BCUT2D eigenvalue weighted by Crippen LogP contribution is 2.29. The fourth-order valence-corrected chi connectivity index (χ4v) is 2.86. The Kier molecular flexibility index (Phi) is 12.3. The van der Waals surface area contributed by atoms with Crippen molar-refractivity contribution in [3.05, 3.63) is 65.2 Å². The molecule has 1 N–H and O–H groups in total. The summed E-state index contributed by atoms with van der Waals surface area (Å²) in [5.74, 6) is 1.27. The van der Waals surface area contributed by atoms with Crippen LogP contribution in [0.2, 0.25) is 0 Å². The maximum Gasteiger partial charge on any atom is 0.330 e. The van der Waals surface area contributed by atoms with Gasteiger partial charge in [-0.2, -0.15) is 0 Å². The fraction of sp³-hybridized carbons (Fsp3) is 0.346. The van der Waals surface area contributed by atoms with E-state index < -0.39 is 5.97 Å². The number of rotatable bonds is 15. The highest BCUT2D eigenvalue weighted by atomic mass is 17.2. The van der Waals surface area contributed by atoms with Crippen LogP contribution in [0.3, 0.4) is 0 Å². The molecule has 184 valence electrons. The van der Waals surface area contributed by atoms with Crippen molar-refractivity contribution in [1.29, 1.82) is 0 Å². The molecule has 0 spiro atoms. The van der Waals surface area contributed by atoms with E-state index >= 15 is 0 Å². The summed E-state index contributed by atoms with van der Waals surface area (Å²) in [6, 6.07) is 10.9. The first kappa shape index (κ1) is 26.9. The summed E-state index contributed by atoms with van der Waals surface area (Å²) >= 11 is 0. The molecule has 0 aliphatic rings. The molecule has 8 nitrogen and oxygen atoms in total. The van der Waals surface area contributed by atoms with Gasteiger partial charge < -0.3 is 24.1 Å². The SMILES string of the molecule is CCOOC/C=C/c1ccc(OC)c(OCCOc2cc(/C=C/C(=O)OCC)ccc2CO)c1. The number of methoxy groups -OCH3 is 1. The Bertz CT molecular complexity index is 952. The number of hydrogen-bond acceptors (Lipinski definition) is 8. The van der Waals surface area contributed by atoms with Gasteiger partial charge in [-0.15, -0.1) is 0 Å². The molecule has 0 fully saturated rings. The van der Waals surface area contributed by atoms with E-state index in [-0.39, 0.29) is 19.8 Å². The number of hydrogen-bond donors (Lipinski definition) is 1. The lowest BCUT2D eigenvalue weighted by Crippen LogP contribution is -2.10. The lowest BCUT2D eigenvalue weighted by molar-refractivity contribution is -0.282. The van der Waals surface area contributed by atoms with E-state index in [4.69, 9.17) is 28.7 Å². The lowest BCUT2D eigenvalue weighted by atomic mass is 10.1. The average Bonchev–Trinajstić information content (AvgIpc) is 2.85. The smallest absolute Gasteiger partial charge is 0.330 e. The molecular formula is C26H32O8. The minimum Gasteiger partial charge on any atom is -0.493 e.